The molecule has 5 saturated carbocycles. The van der Waals surface area contributed by atoms with Crippen LogP contribution in [0.3, 0.4) is 0 Å². The zero-order chi connectivity index (χ0) is 79.7. The van der Waals surface area contributed by atoms with E-state index in [0.29, 0.717) is 70.6 Å². The van der Waals surface area contributed by atoms with E-state index in [4.69, 9.17) is 10.2 Å². The Labute approximate surface area is 628 Å². The van der Waals surface area contributed by atoms with Crippen LogP contribution in [0.5, 0.6) is 0 Å². The maximum Gasteiger partial charge on any atom is 0.339 e. The molecule has 0 saturated heterocycles. The topological polar surface area (TPSA) is 465 Å². The molecule has 5 fully saturated rings. The van der Waals surface area contributed by atoms with Crippen molar-refractivity contribution in [1.82, 2.24) is 0 Å². The number of carbonyl (C=O) groups is 13. The third-order valence-corrected chi connectivity index (χ3v) is 22.7. The predicted molar refractivity (Wildman–Crippen MR) is 397 cm³/mol. The molecule has 25 heteroatoms. The van der Waals surface area contributed by atoms with Gasteiger partial charge in [0.2, 0.25) is 0 Å². The van der Waals surface area contributed by atoms with E-state index in [1.54, 1.807) is 0 Å². The van der Waals surface area contributed by atoms with Gasteiger partial charge in [-0.05, 0) is 81.6 Å². The Morgan fingerprint density at radius 3 is 0.472 bits per heavy atom. The molecule has 0 spiro atoms. The highest BCUT2D eigenvalue weighted by Crippen LogP contribution is 2.41. The summed E-state index contributed by atoms with van der Waals surface area (Å²) >= 11 is 0. The van der Waals surface area contributed by atoms with Gasteiger partial charge >= 0.3 is 71.6 Å². The average Bonchev–Trinajstić information content (AvgIpc) is 0.788. The van der Waals surface area contributed by atoms with Gasteiger partial charge < -0.3 is 61.3 Å². The molecule has 0 heterocycles. The van der Waals surface area contributed by atoms with Gasteiger partial charge in [0, 0.05) is 6.42 Å². The lowest BCUT2D eigenvalue weighted by Crippen LogP contribution is -2.39. The summed E-state index contributed by atoms with van der Waals surface area (Å²) in [6, 6.07) is 0. The van der Waals surface area contributed by atoms with Gasteiger partial charge in [0.05, 0.1) is 6.42 Å². The Morgan fingerprint density at radius 1 is 0.226 bits per heavy atom. The zero-order valence-electron chi connectivity index (χ0n) is 64.2. The molecule has 608 valence electrons. The average molecular weight is 1510 g/mol. The molecule has 0 bridgehead atoms. The number of hydrogen-bond acceptors (Lipinski definition) is 13. The van der Waals surface area contributed by atoms with E-state index in [0.717, 1.165) is 128 Å². The summed E-state index contributed by atoms with van der Waals surface area (Å²) in [5.41, 5.74) is -8.18. The number of carbonyl (C=O) groups excluding carboxylic acids is 1. The standard InChI is InChI=1S/5C14H24O4.C11H14O5/c5*15-12(16)14(13(17)18)10-8-6-4-2-1-3-5-7-9-11-14;1-11(2)4-6(3-8(13)14)9(10(15)16)7(12)5-11/h5*1-11H2,(H,15,16)(H,17,18);3-5H2,1-2H3,(H,13,14)(H,15,16). The van der Waals surface area contributed by atoms with E-state index in [1.165, 1.54) is 96.3 Å². The maximum absolute atomic E-state index is 11.6. The van der Waals surface area contributed by atoms with E-state index in [2.05, 4.69) is 0 Å². The summed E-state index contributed by atoms with van der Waals surface area (Å²) in [5.74, 6) is -14.5. The first kappa shape index (κ1) is 97.1. The van der Waals surface area contributed by atoms with Gasteiger partial charge in [-0.3, -0.25) is 57.5 Å². The Bertz CT molecular complexity index is 2280. The highest BCUT2D eigenvalue weighted by molar-refractivity contribution is 6.18. The first-order valence-corrected chi connectivity index (χ1v) is 40.2. The Balaban J connectivity index is 0.000000636. The predicted octanol–water partition coefficient (Wildman–Crippen LogP) is 18.5. The minimum Gasteiger partial charge on any atom is -0.481 e. The third kappa shape index (κ3) is 35.4. The fourth-order valence-corrected chi connectivity index (χ4v) is 15.7. The van der Waals surface area contributed by atoms with Crippen molar-refractivity contribution < 1.29 is 124 Å². The Hall–Kier alpha value is -6.95. The van der Waals surface area contributed by atoms with Gasteiger partial charge in [0.25, 0.3) is 0 Å². The number of carboxylic acids is 12. The second-order valence-electron chi connectivity index (χ2n) is 31.7. The van der Waals surface area contributed by atoms with Crippen molar-refractivity contribution in [2.24, 2.45) is 32.5 Å². The molecular formula is C81H134O25. The van der Waals surface area contributed by atoms with Crippen LogP contribution in [-0.2, 0) is 62.3 Å². The molecule has 6 aliphatic rings. The number of ketones is 1. The van der Waals surface area contributed by atoms with E-state index in [9.17, 15) is 113 Å². The number of carboxylic acid groups (broad SMARTS) is 12. The van der Waals surface area contributed by atoms with Crippen molar-refractivity contribution >= 4 is 77.4 Å². The summed E-state index contributed by atoms with van der Waals surface area (Å²) in [6.45, 7) is 3.65. The molecule has 25 nitrogen and oxygen atoms in total. The molecule has 0 aliphatic heterocycles. The minimum atomic E-state index is -1.54. The van der Waals surface area contributed by atoms with Gasteiger partial charge in [0.1, 0.15) is 5.57 Å². The lowest BCUT2D eigenvalue weighted by atomic mass is 9.73. The first-order valence-electron chi connectivity index (χ1n) is 40.2. The first-order chi connectivity index (χ1) is 50.2. The summed E-state index contributed by atoms with van der Waals surface area (Å²) in [6.07, 6.45) is 48.5. The molecular weight excluding hydrogens is 1370 g/mol. The van der Waals surface area contributed by atoms with Gasteiger partial charge in [0.15, 0.2) is 32.9 Å². The molecule has 12 N–H and O–H groups in total. The van der Waals surface area contributed by atoms with Gasteiger partial charge in [-0.15, -0.1) is 0 Å². The number of hydrogen-bond donors (Lipinski definition) is 12. The molecule has 6 rings (SSSR count). The van der Waals surface area contributed by atoms with Crippen molar-refractivity contribution in [2.45, 2.75) is 386 Å². The second-order valence-corrected chi connectivity index (χ2v) is 31.7. The maximum atomic E-state index is 11.6. The number of Topliss-reactive ketones (excluding diaryl/α,β-unsaturated/α-hetero) is 1. The summed E-state index contributed by atoms with van der Waals surface area (Å²) in [5, 5.41) is 110. The van der Waals surface area contributed by atoms with Crippen LogP contribution >= 0.6 is 0 Å². The Kier molecular flexibility index (Phi) is 48.5. The van der Waals surface area contributed by atoms with Crippen molar-refractivity contribution in [3.8, 4) is 0 Å². The van der Waals surface area contributed by atoms with Crippen molar-refractivity contribution in [2.75, 3.05) is 0 Å². The zero-order valence-corrected chi connectivity index (χ0v) is 64.2. The molecule has 0 unspecified atom stereocenters. The molecule has 0 radical (unpaired) electrons. The second kappa shape index (κ2) is 53.0. The number of rotatable bonds is 13. The molecule has 0 aromatic heterocycles. The largest absolute Gasteiger partial charge is 0.481 e. The SMILES string of the molecule is CC1(C)CC(=O)C(C(=O)O)=C(CC(=O)O)C1.O=C(O)C1(C(=O)O)CCCCCCCCCCC1.O=C(O)C1(C(=O)O)CCCCCCCCCCC1.O=C(O)C1(C(=O)O)CCCCCCCCCCC1.O=C(O)C1(C(=O)O)CCCCCCCCCCC1.O=C(O)C1(C(=O)O)CCCCCCCCCCC1. The summed E-state index contributed by atoms with van der Waals surface area (Å²) < 4.78 is 0. The van der Waals surface area contributed by atoms with E-state index >= 15 is 0 Å². The van der Waals surface area contributed by atoms with Gasteiger partial charge in [-0.1, -0.05) is 303 Å². The van der Waals surface area contributed by atoms with Crippen LogP contribution in [0.2, 0.25) is 0 Å². The van der Waals surface area contributed by atoms with Crippen LogP contribution in [0.4, 0.5) is 0 Å². The van der Waals surface area contributed by atoms with Crippen LogP contribution < -0.4 is 0 Å². The van der Waals surface area contributed by atoms with E-state index in [1.807, 2.05) is 13.8 Å². The van der Waals surface area contributed by atoms with Crippen molar-refractivity contribution in [1.29, 1.82) is 0 Å². The molecule has 6 aliphatic carbocycles. The third-order valence-electron chi connectivity index (χ3n) is 22.7. The van der Waals surface area contributed by atoms with Gasteiger partial charge in [-0.25, -0.2) is 4.79 Å². The molecule has 0 amide bonds. The summed E-state index contributed by atoms with van der Waals surface area (Å²) in [7, 11) is 0. The quantitative estimate of drug-likeness (QED) is 0.0602. The Morgan fingerprint density at radius 2 is 0.358 bits per heavy atom. The monoisotopic (exact) mass is 1510 g/mol. The lowest BCUT2D eigenvalue weighted by molar-refractivity contribution is -0.168. The van der Waals surface area contributed by atoms with E-state index < -0.39 is 104 Å². The molecule has 0 aromatic carbocycles. The summed E-state index contributed by atoms with van der Waals surface area (Å²) in [4.78, 5) is 147. The minimum absolute atomic E-state index is 0.151. The molecule has 106 heavy (non-hydrogen) atoms. The normalized spacial score (nSPS) is 22.0. The highest BCUT2D eigenvalue weighted by atomic mass is 16.4. The molecule has 0 atom stereocenters. The van der Waals surface area contributed by atoms with Gasteiger partial charge in [-0.2, -0.15) is 0 Å². The van der Waals surface area contributed by atoms with Crippen LogP contribution in [0.15, 0.2) is 11.1 Å². The smallest absolute Gasteiger partial charge is 0.339 e. The number of aliphatic carboxylic acids is 12. The fraction of sp³-hybridized carbons (Fsp3) is 0.815. The lowest BCUT2D eigenvalue weighted by Gasteiger charge is -2.30. The van der Waals surface area contributed by atoms with Crippen LogP contribution in [0.25, 0.3) is 0 Å². The van der Waals surface area contributed by atoms with Crippen LogP contribution in [-0.4, -0.2) is 139 Å². The molecule has 0 aromatic rings. The van der Waals surface area contributed by atoms with Crippen molar-refractivity contribution in [3.63, 3.8) is 0 Å². The fourth-order valence-electron chi connectivity index (χ4n) is 15.7. The van der Waals surface area contributed by atoms with Crippen LogP contribution in [0, 0.1) is 32.5 Å². The van der Waals surface area contributed by atoms with Crippen LogP contribution in [0.1, 0.15) is 386 Å². The highest BCUT2D eigenvalue weighted by Gasteiger charge is 2.49. The van der Waals surface area contributed by atoms with Crippen molar-refractivity contribution in [3.05, 3.63) is 11.1 Å². The van der Waals surface area contributed by atoms with E-state index in [-0.39, 0.29) is 93.6 Å².